The molecule has 3 N–H and O–H groups in total. The molecule has 0 aromatic heterocycles. The Kier molecular flexibility index (Phi) is 8.24. The summed E-state index contributed by atoms with van der Waals surface area (Å²) in [5.41, 5.74) is 2.70. The fourth-order valence-corrected chi connectivity index (χ4v) is 3.99. The fraction of sp³-hybridized carbons (Fsp3) is 0.269. The lowest BCUT2D eigenvalue weighted by Crippen LogP contribution is -2.87. The minimum Gasteiger partial charge on any atom is -0.545 e. The maximum atomic E-state index is 10.9. The fourth-order valence-electron chi connectivity index (χ4n) is 3.86. The third-order valence-corrected chi connectivity index (χ3v) is 5.92. The van der Waals surface area contributed by atoms with Crippen LogP contribution in [0.1, 0.15) is 39.9 Å². The van der Waals surface area contributed by atoms with E-state index in [2.05, 4.69) is 5.32 Å². The van der Waals surface area contributed by atoms with Crippen LogP contribution in [0.3, 0.4) is 0 Å². The second-order valence-corrected chi connectivity index (χ2v) is 8.27. The van der Waals surface area contributed by atoms with Crippen molar-refractivity contribution in [2.24, 2.45) is 0 Å². The van der Waals surface area contributed by atoms with Gasteiger partial charge in [-0.2, -0.15) is 0 Å². The van der Waals surface area contributed by atoms with Crippen LogP contribution in [0.5, 0.6) is 0 Å². The number of quaternary nitrogens is 1. The van der Waals surface area contributed by atoms with E-state index in [4.69, 9.17) is 11.6 Å². The van der Waals surface area contributed by atoms with Crippen molar-refractivity contribution in [1.29, 1.82) is 0 Å². The van der Waals surface area contributed by atoms with Crippen LogP contribution >= 0.6 is 11.6 Å². The first-order chi connectivity index (χ1) is 15.0. The van der Waals surface area contributed by atoms with Crippen LogP contribution in [0.15, 0.2) is 78.9 Å². The molecular weight excluding hydrogens is 410 g/mol. The smallest absolute Gasteiger partial charge is 0.100 e. The maximum absolute atomic E-state index is 10.9. The Bertz CT molecular complexity index is 967. The number of hydrogen-bond donors (Lipinski definition) is 2. The Morgan fingerprint density at radius 1 is 0.903 bits per heavy atom. The number of aryl methyl sites for hydroxylation is 2. The van der Waals surface area contributed by atoms with E-state index < -0.39 is 11.6 Å². The molecule has 31 heavy (non-hydrogen) atoms. The quantitative estimate of drug-likeness (QED) is 0.644. The van der Waals surface area contributed by atoms with Gasteiger partial charge in [-0.25, -0.2) is 0 Å². The van der Waals surface area contributed by atoms with E-state index in [1.54, 1.807) is 12.1 Å². The molecule has 0 saturated carbocycles. The number of carboxylic acid groups (broad SMARTS) is 1. The minimum absolute atomic E-state index is 0.295. The highest BCUT2D eigenvalue weighted by atomic mass is 35.5. The Morgan fingerprint density at radius 2 is 1.52 bits per heavy atom. The second kappa shape index (κ2) is 11.1. The molecule has 162 valence electrons. The van der Waals surface area contributed by atoms with Crippen molar-refractivity contribution in [2.45, 2.75) is 31.3 Å². The third kappa shape index (κ3) is 6.66. The van der Waals surface area contributed by atoms with Crippen LogP contribution in [0, 0.1) is 0 Å². The third-order valence-electron chi connectivity index (χ3n) is 5.67. The molecule has 0 bridgehead atoms. The highest BCUT2D eigenvalue weighted by molar-refractivity contribution is 6.30. The van der Waals surface area contributed by atoms with E-state index in [0.29, 0.717) is 12.0 Å². The molecule has 1 aliphatic rings. The summed E-state index contributed by atoms with van der Waals surface area (Å²) in [7, 11) is 0. The summed E-state index contributed by atoms with van der Waals surface area (Å²) in [6, 6.07) is 24.6. The first-order valence-electron chi connectivity index (χ1n) is 10.6. The zero-order chi connectivity index (χ0) is 22.1. The number of nitrogens with two attached hydrogens (primary N) is 1. The highest BCUT2D eigenvalue weighted by Gasteiger charge is 2.32. The van der Waals surface area contributed by atoms with Gasteiger partial charge < -0.3 is 20.3 Å². The summed E-state index contributed by atoms with van der Waals surface area (Å²) in [5, 5.41) is 24.3. The Labute approximate surface area is 188 Å². The number of carbonyl (C=O) groups is 1. The SMILES string of the molecule is O=C([O-])c1ccccc1CCc1ccccc1.OC1(c2ccc(Cl)cc2)CC[NH2+]CC1. The number of carbonyl (C=O) groups excluding carboxylic acids is 1. The van der Waals surface area contributed by atoms with E-state index in [0.717, 1.165) is 48.5 Å². The maximum Gasteiger partial charge on any atom is 0.100 e. The summed E-state index contributed by atoms with van der Waals surface area (Å²) >= 11 is 5.81. The van der Waals surface area contributed by atoms with Crippen molar-refractivity contribution in [3.63, 3.8) is 0 Å². The monoisotopic (exact) mass is 437 g/mol. The minimum atomic E-state index is -1.10. The summed E-state index contributed by atoms with van der Waals surface area (Å²) < 4.78 is 0. The molecule has 0 amide bonds. The summed E-state index contributed by atoms with van der Waals surface area (Å²) in [5.74, 6) is -1.10. The van der Waals surface area contributed by atoms with Gasteiger partial charge in [0.1, 0.15) is 5.60 Å². The van der Waals surface area contributed by atoms with Gasteiger partial charge in [-0.15, -0.1) is 0 Å². The lowest BCUT2D eigenvalue weighted by Gasteiger charge is -2.31. The molecule has 1 aliphatic heterocycles. The van der Waals surface area contributed by atoms with Gasteiger partial charge in [0.2, 0.25) is 0 Å². The number of hydrogen-bond acceptors (Lipinski definition) is 3. The van der Waals surface area contributed by atoms with Gasteiger partial charge in [-0.05, 0) is 41.7 Å². The van der Waals surface area contributed by atoms with E-state index >= 15 is 0 Å². The summed E-state index contributed by atoms with van der Waals surface area (Å²) in [4.78, 5) is 10.9. The van der Waals surface area contributed by atoms with E-state index in [1.165, 1.54) is 5.56 Å². The molecule has 0 spiro atoms. The highest BCUT2D eigenvalue weighted by Crippen LogP contribution is 2.29. The Morgan fingerprint density at radius 3 is 2.16 bits per heavy atom. The molecule has 4 nitrogen and oxygen atoms in total. The average Bonchev–Trinajstić information content (AvgIpc) is 2.80. The number of aromatic carboxylic acids is 1. The van der Waals surface area contributed by atoms with E-state index in [-0.39, 0.29) is 0 Å². The van der Waals surface area contributed by atoms with Crippen molar-refractivity contribution in [3.05, 3.63) is 106 Å². The van der Waals surface area contributed by atoms with Crippen molar-refractivity contribution in [3.8, 4) is 0 Å². The molecule has 4 rings (SSSR count). The van der Waals surface area contributed by atoms with Crippen LogP contribution < -0.4 is 10.4 Å². The van der Waals surface area contributed by atoms with Gasteiger partial charge in [0, 0.05) is 23.4 Å². The molecule has 3 aromatic rings. The standard InChI is InChI=1S/C15H14O2.C11H14ClNO/c16-15(17)14-9-5-4-8-13(14)11-10-12-6-2-1-3-7-12;12-10-3-1-9(2-4-10)11(14)5-7-13-8-6-11/h1-9H,10-11H2,(H,16,17);1-4,13-14H,5-8H2. The zero-order valence-electron chi connectivity index (χ0n) is 17.5. The second-order valence-electron chi connectivity index (χ2n) is 7.83. The van der Waals surface area contributed by atoms with Gasteiger partial charge in [0.05, 0.1) is 19.1 Å². The molecule has 1 saturated heterocycles. The number of aliphatic hydroxyl groups is 1. The van der Waals surface area contributed by atoms with Crippen LogP contribution in [0.4, 0.5) is 0 Å². The molecule has 0 atom stereocenters. The molecule has 0 aliphatic carbocycles. The van der Waals surface area contributed by atoms with Gasteiger partial charge in [0.15, 0.2) is 0 Å². The molecule has 1 heterocycles. The van der Waals surface area contributed by atoms with Crippen LogP contribution in [-0.4, -0.2) is 24.2 Å². The topological polar surface area (TPSA) is 77.0 Å². The number of benzene rings is 3. The molecular formula is C26H28ClNO3. The predicted octanol–water partition coefficient (Wildman–Crippen LogP) is 2.72. The lowest BCUT2D eigenvalue weighted by atomic mass is 9.85. The predicted molar refractivity (Wildman–Crippen MR) is 121 cm³/mol. The van der Waals surface area contributed by atoms with Gasteiger partial charge in [-0.3, -0.25) is 0 Å². The normalized spacial score (nSPS) is 14.9. The Hall–Kier alpha value is -2.66. The molecule has 3 aromatic carbocycles. The van der Waals surface area contributed by atoms with Crippen LogP contribution in [-0.2, 0) is 18.4 Å². The first kappa shape index (κ1) is 23.0. The molecule has 0 radical (unpaired) electrons. The van der Waals surface area contributed by atoms with Crippen molar-refractivity contribution in [1.82, 2.24) is 0 Å². The van der Waals surface area contributed by atoms with Crippen LogP contribution in [0.2, 0.25) is 5.02 Å². The number of carboxylic acids is 1. The van der Waals surface area contributed by atoms with Crippen molar-refractivity contribution >= 4 is 17.6 Å². The average molecular weight is 438 g/mol. The van der Waals surface area contributed by atoms with Gasteiger partial charge in [-0.1, -0.05) is 78.3 Å². The summed E-state index contributed by atoms with van der Waals surface area (Å²) in [6.07, 6.45) is 3.21. The van der Waals surface area contributed by atoms with E-state index in [1.807, 2.05) is 66.7 Å². The number of halogens is 1. The van der Waals surface area contributed by atoms with Gasteiger partial charge >= 0.3 is 0 Å². The zero-order valence-corrected chi connectivity index (χ0v) is 18.2. The largest absolute Gasteiger partial charge is 0.545 e. The van der Waals surface area contributed by atoms with Crippen molar-refractivity contribution in [2.75, 3.05) is 13.1 Å². The summed E-state index contributed by atoms with van der Waals surface area (Å²) in [6.45, 7) is 2.00. The first-order valence-corrected chi connectivity index (χ1v) is 11.0. The molecule has 0 unspecified atom stereocenters. The van der Waals surface area contributed by atoms with Gasteiger partial charge in [0.25, 0.3) is 0 Å². The number of piperidine rings is 1. The Balaban J connectivity index is 0.000000179. The molecule has 1 fully saturated rings. The van der Waals surface area contributed by atoms with Crippen molar-refractivity contribution < 1.29 is 20.3 Å². The number of rotatable bonds is 5. The van der Waals surface area contributed by atoms with Crippen LogP contribution in [0.25, 0.3) is 0 Å². The molecule has 5 heteroatoms. The van der Waals surface area contributed by atoms with E-state index in [9.17, 15) is 15.0 Å². The lowest BCUT2D eigenvalue weighted by molar-refractivity contribution is -0.669.